The molecule has 0 bridgehead atoms. The van der Waals surface area contributed by atoms with Crippen LogP contribution < -0.4 is 5.32 Å². The summed E-state index contributed by atoms with van der Waals surface area (Å²) in [5, 5.41) is 22.5. The van der Waals surface area contributed by atoms with Crippen LogP contribution in [0.1, 0.15) is 12.2 Å². The van der Waals surface area contributed by atoms with Crippen molar-refractivity contribution < 1.29 is 22.6 Å². The van der Waals surface area contributed by atoms with Gasteiger partial charge in [0.15, 0.2) is 9.84 Å². The van der Waals surface area contributed by atoms with Gasteiger partial charge in [0.25, 0.3) is 11.6 Å². The third kappa shape index (κ3) is 4.44. The minimum Gasteiger partial charge on any atom is -0.457 e. The third-order valence-corrected chi connectivity index (χ3v) is 5.98. The molecule has 1 aromatic heterocycles. The standard InChI is InChI=1S/C18H15N3O6S/c19-10-13(18(22)20-14-7-8-28(25,26)11-14)9-16-5-6-17(27-16)12-1-3-15(4-2-12)21(23)24/h1-6,9,14H,7-8,11H2,(H,20,22). The van der Waals surface area contributed by atoms with Gasteiger partial charge < -0.3 is 9.73 Å². The van der Waals surface area contributed by atoms with E-state index in [1.807, 2.05) is 0 Å². The number of benzene rings is 1. The van der Waals surface area contributed by atoms with E-state index in [2.05, 4.69) is 5.32 Å². The Kier molecular flexibility index (Phi) is 5.28. The minimum absolute atomic E-state index is 0.0142. The molecule has 1 aliphatic rings. The van der Waals surface area contributed by atoms with Crippen LogP contribution in [-0.4, -0.2) is 36.8 Å². The van der Waals surface area contributed by atoms with E-state index < -0.39 is 26.7 Å². The number of carbonyl (C=O) groups is 1. The number of nitro benzene ring substituents is 1. The van der Waals surface area contributed by atoms with Crippen molar-refractivity contribution in [3.05, 3.63) is 57.8 Å². The minimum atomic E-state index is -3.15. The maximum Gasteiger partial charge on any atom is 0.269 e. The molecule has 2 heterocycles. The summed E-state index contributed by atoms with van der Waals surface area (Å²) < 4.78 is 28.5. The number of nitriles is 1. The monoisotopic (exact) mass is 401 g/mol. The summed E-state index contributed by atoms with van der Waals surface area (Å²) in [5.41, 5.74) is 0.339. The van der Waals surface area contributed by atoms with Gasteiger partial charge >= 0.3 is 0 Å². The second kappa shape index (κ2) is 7.66. The number of carbonyl (C=O) groups excluding carboxylic acids is 1. The molecule has 1 N–H and O–H groups in total. The van der Waals surface area contributed by atoms with Crippen LogP contribution in [0.25, 0.3) is 17.4 Å². The molecule has 28 heavy (non-hydrogen) atoms. The fraction of sp³-hybridized carbons (Fsp3) is 0.222. The summed E-state index contributed by atoms with van der Waals surface area (Å²) in [6.45, 7) is 0. The molecule has 9 nitrogen and oxygen atoms in total. The average Bonchev–Trinajstić information content (AvgIpc) is 3.25. The maximum atomic E-state index is 12.2. The van der Waals surface area contributed by atoms with E-state index >= 15 is 0 Å². The van der Waals surface area contributed by atoms with Crippen LogP contribution in [-0.2, 0) is 14.6 Å². The molecule has 2 aromatic rings. The van der Waals surface area contributed by atoms with Gasteiger partial charge in [-0.3, -0.25) is 14.9 Å². The van der Waals surface area contributed by atoms with Crippen LogP contribution in [0.15, 0.2) is 46.4 Å². The van der Waals surface area contributed by atoms with Crippen LogP contribution in [0.2, 0.25) is 0 Å². The molecule has 1 aromatic carbocycles. The van der Waals surface area contributed by atoms with E-state index in [9.17, 15) is 28.6 Å². The Balaban J connectivity index is 1.74. The predicted octanol–water partition coefficient (Wildman–Crippen LogP) is 2.07. The molecule has 144 valence electrons. The zero-order valence-corrected chi connectivity index (χ0v) is 15.3. The van der Waals surface area contributed by atoms with E-state index in [4.69, 9.17) is 4.42 Å². The van der Waals surface area contributed by atoms with Crippen molar-refractivity contribution in [2.75, 3.05) is 11.5 Å². The van der Waals surface area contributed by atoms with Gasteiger partial charge in [0, 0.05) is 29.8 Å². The van der Waals surface area contributed by atoms with Crippen LogP contribution in [0.5, 0.6) is 0 Å². The molecule has 1 fully saturated rings. The Bertz CT molecular complexity index is 1090. The van der Waals surface area contributed by atoms with Gasteiger partial charge in [-0.2, -0.15) is 5.26 Å². The Hall–Kier alpha value is -3.45. The first-order valence-corrected chi connectivity index (χ1v) is 10.1. The van der Waals surface area contributed by atoms with Gasteiger partial charge in [-0.15, -0.1) is 0 Å². The Morgan fingerprint density at radius 2 is 2.00 bits per heavy atom. The van der Waals surface area contributed by atoms with Crippen LogP contribution in [0, 0.1) is 21.4 Å². The molecule has 0 spiro atoms. The van der Waals surface area contributed by atoms with Crippen molar-refractivity contribution in [2.24, 2.45) is 0 Å². The second-order valence-corrected chi connectivity index (χ2v) is 8.48. The summed E-state index contributed by atoms with van der Waals surface area (Å²) >= 11 is 0. The topological polar surface area (TPSA) is 143 Å². The highest BCUT2D eigenvalue weighted by Gasteiger charge is 2.29. The summed E-state index contributed by atoms with van der Waals surface area (Å²) in [6, 6.07) is 10.2. The van der Waals surface area contributed by atoms with Gasteiger partial charge in [0.05, 0.1) is 16.4 Å². The Labute approximate surface area is 160 Å². The lowest BCUT2D eigenvalue weighted by Gasteiger charge is -2.09. The van der Waals surface area contributed by atoms with E-state index in [0.717, 1.165) is 0 Å². The highest BCUT2D eigenvalue weighted by atomic mass is 32.2. The fourth-order valence-corrected chi connectivity index (χ4v) is 4.47. The molecule has 1 amide bonds. The first-order chi connectivity index (χ1) is 13.3. The third-order valence-electron chi connectivity index (χ3n) is 4.21. The summed E-state index contributed by atoms with van der Waals surface area (Å²) in [4.78, 5) is 22.4. The number of hydrogen-bond acceptors (Lipinski definition) is 7. The van der Waals surface area contributed by atoms with Gasteiger partial charge in [0.1, 0.15) is 23.2 Å². The summed E-state index contributed by atoms with van der Waals surface area (Å²) in [7, 11) is -3.15. The van der Waals surface area contributed by atoms with E-state index in [1.54, 1.807) is 18.2 Å². The van der Waals surface area contributed by atoms with Crippen molar-refractivity contribution in [1.29, 1.82) is 5.26 Å². The maximum absolute atomic E-state index is 12.2. The van der Waals surface area contributed by atoms with E-state index in [1.165, 1.54) is 30.3 Å². The predicted molar refractivity (Wildman–Crippen MR) is 99.6 cm³/mol. The number of hydrogen-bond donors (Lipinski definition) is 1. The van der Waals surface area contributed by atoms with Crippen molar-refractivity contribution in [3.63, 3.8) is 0 Å². The molecule has 0 aliphatic carbocycles. The van der Waals surface area contributed by atoms with Crippen molar-refractivity contribution >= 4 is 27.5 Å². The van der Waals surface area contributed by atoms with Gasteiger partial charge in [-0.25, -0.2) is 8.42 Å². The Morgan fingerprint density at radius 1 is 1.29 bits per heavy atom. The summed E-state index contributed by atoms with van der Waals surface area (Å²) in [5.74, 6) is -0.124. The Morgan fingerprint density at radius 3 is 2.57 bits per heavy atom. The highest BCUT2D eigenvalue weighted by Crippen LogP contribution is 2.25. The molecule has 3 rings (SSSR count). The van der Waals surface area contributed by atoms with Crippen LogP contribution in [0.4, 0.5) is 5.69 Å². The molecule has 0 saturated carbocycles. The van der Waals surface area contributed by atoms with Crippen LogP contribution >= 0.6 is 0 Å². The molecule has 1 aliphatic heterocycles. The zero-order valence-electron chi connectivity index (χ0n) is 14.5. The number of sulfone groups is 1. The fourth-order valence-electron chi connectivity index (χ4n) is 2.80. The zero-order chi connectivity index (χ0) is 20.3. The highest BCUT2D eigenvalue weighted by molar-refractivity contribution is 7.91. The van der Waals surface area contributed by atoms with E-state index in [0.29, 0.717) is 17.7 Å². The van der Waals surface area contributed by atoms with Crippen molar-refractivity contribution in [1.82, 2.24) is 5.32 Å². The van der Waals surface area contributed by atoms with Crippen molar-refractivity contribution in [3.8, 4) is 17.4 Å². The second-order valence-electron chi connectivity index (χ2n) is 6.25. The molecular formula is C18H15N3O6S. The lowest BCUT2D eigenvalue weighted by atomic mass is 10.1. The van der Waals surface area contributed by atoms with Gasteiger partial charge in [-0.05, 0) is 30.7 Å². The summed E-state index contributed by atoms with van der Waals surface area (Å²) in [6.07, 6.45) is 1.57. The number of nitrogens with one attached hydrogen (secondary N) is 1. The number of nitrogens with zero attached hydrogens (tertiary/aromatic N) is 2. The van der Waals surface area contributed by atoms with E-state index in [-0.39, 0.29) is 28.5 Å². The van der Waals surface area contributed by atoms with Gasteiger partial charge in [-0.1, -0.05) is 0 Å². The normalized spacial score (nSPS) is 18.4. The molecule has 0 radical (unpaired) electrons. The number of furan rings is 1. The first-order valence-electron chi connectivity index (χ1n) is 8.25. The van der Waals surface area contributed by atoms with Crippen molar-refractivity contribution in [2.45, 2.75) is 12.5 Å². The molecule has 10 heteroatoms. The first kappa shape index (κ1) is 19.3. The van der Waals surface area contributed by atoms with Crippen LogP contribution in [0.3, 0.4) is 0 Å². The van der Waals surface area contributed by atoms with Gasteiger partial charge in [0.2, 0.25) is 0 Å². The lowest BCUT2D eigenvalue weighted by molar-refractivity contribution is -0.384. The molecule has 1 unspecified atom stereocenters. The number of rotatable bonds is 5. The smallest absolute Gasteiger partial charge is 0.269 e. The lowest BCUT2D eigenvalue weighted by Crippen LogP contribution is -2.36. The average molecular weight is 401 g/mol. The quantitative estimate of drug-likeness (QED) is 0.349. The number of amides is 1. The molecular weight excluding hydrogens is 386 g/mol. The number of nitro groups is 1. The molecule has 1 atom stereocenters. The number of non-ortho nitro benzene ring substituents is 1. The SMILES string of the molecule is N#CC(=Cc1ccc(-c2ccc([N+](=O)[O-])cc2)o1)C(=O)NC1CCS(=O)(=O)C1. The molecule has 1 saturated heterocycles. The largest absolute Gasteiger partial charge is 0.457 e.